The summed E-state index contributed by atoms with van der Waals surface area (Å²) >= 11 is 0. The van der Waals surface area contributed by atoms with E-state index in [4.69, 9.17) is 40.5 Å². The first-order valence-corrected chi connectivity index (χ1v) is 6.81. The average molecular weight is 400 g/mol. The van der Waals surface area contributed by atoms with Crippen molar-refractivity contribution in [2.24, 2.45) is 0 Å². The molecular formula is C16H16O12. The second-order valence-corrected chi connectivity index (χ2v) is 4.05. The Labute approximate surface area is 156 Å². The number of benzene rings is 2. The maximum atomic E-state index is 10.5. The monoisotopic (exact) mass is 400 g/mol. The molecule has 0 bridgehead atoms. The highest BCUT2D eigenvalue weighted by Crippen LogP contribution is 1.99. The second-order valence-electron chi connectivity index (χ2n) is 4.05. The molecule has 2 rings (SSSR count). The summed E-state index contributed by atoms with van der Waals surface area (Å²) in [5, 5.41) is 43.8. The molecule has 12 nitrogen and oxygen atoms in total. The van der Waals surface area contributed by atoms with Crippen LogP contribution in [-0.2, 0) is 9.78 Å². The molecule has 0 aliphatic carbocycles. The van der Waals surface area contributed by atoms with Gasteiger partial charge in [0.05, 0.1) is 11.1 Å². The molecule has 0 aromatic heterocycles. The molecule has 0 spiro atoms. The summed E-state index contributed by atoms with van der Waals surface area (Å²) in [6, 6.07) is 16.5. The van der Waals surface area contributed by atoms with Gasteiger partial charge in [-0.2, -0.15) is 10.5 Å². The fourth-order valence-electron chi connectivity index (χ4n) is 1.25. The summed E-state index contributed by atoms with van der Waals surface area (Å²) in [6.45, 7) is 0. The SMILES string of the molecule is O=C(O)O.O=C(O)O.O=C(OO)c1ccccc1.O=C(OO)c1ccccc1. The van der Waals surface area contributed by atoms with Crippen LogP contribution in [0.15, 0.2) is 60.7 Å². The van der Waals surface area contributed by atoms with Gasteiger partial charge in [-0.3, -0.25) is 9.78 Å². The molecule has 152 valence electrons. The zero-order valence-electron chi connectivity index (χ0n) is 13.9. The van der Waals surface area contributed by atoms with E-state index in [1.807, 2.05) is 0 Å². The summed E-state index contributed by atoms with van der Waals surface area (Å²) in [5.74, 6) is -1.47. The average Bonchev–Trinajstić information content (AvgIpc) is 2.67. The Morgan fingerprint density at radius 2 is 0.750 bits per heavy atom. The lowest BCUT2D eigenvalue weighted by molar-refractivity contribution is -0.182. The normalized spacial score (nSPS) is 8.07. The fourth-order valence-corrected chi connectivity index (χ4v) is 1.25. The molecule has 12 heteroatoms. The molecule has 0 atom stereocenters. The third-order valence-corrected chi connectivity index (χ3v) is 2.18. The van der Waals surface area contributed by atoms with Gasteiger partial charge in [0, 0.05) is 0 Å². The van der Waals surface area contributed by atoms with Crippen LogP contribution in [0.5, 0.6) is 0 Å². The Kier molecular flexibility index (Phi) is 15.2. The van der Waals surface area contributed by atoms with Crippen LogP contribution < -0.4 is 0 Å². The quantitative estimate of drug-likeness (QED) is 0.317. The number of carbonyl (C=O) groups excluding carboxylic acids is 2. The summed E-state index contributed by atoms with van der Waals surface area (Å²) in [4.78, 5) is 45.2. The topological polar surface area (TPSA) is 208 Å². The number of hydrogen-bond acceptors (Lipinski definition) is 8. The summed E-state index contributed by atoms with van der Waals surface area (Å²) in [5.41, 5.74) is 0.676. The molecule has 0 aliphatic rings. The van der Waals surface area contributed by atoms with Crippen molar-refractivity contribution in [1.29, 1.82) is 0 Å². The highest BCUT2D eigenvalue weighted by Gasteiger charge is 2.03. The van der Waals surface area contributed by atoms with Crippen LogP contribution in [0.4, 0.5) is 9.59 Å². The van der Waals surface area contributed by atoms with Crippen LogP contribution in [0.2, 0.25) is 0 Å². The molecule has 0 saturated heterocycles. The highest BCUT2D eigenvalue weighted by molar-refractivity contribution is 5.89. The zero-order chi connectivity index (χ0) is 21.9. The molecule has 2 aromatic carbocycles. The molecule has 0 fully saturated rings. The van der Waals surface area contributed by atoms with Crippen molar-refractivity contribution < 1.29 is 59.9 Å². The van der Waals surface area contributed by atoms with Gasteiger partial charge in [-0.25, -0.2) is 19.2 Å². The zero-order valence-corrected chi connectivity index (χ0v) is 13.9. The van der Waals surface area contributed by atoms with Crippen molar-refractivity contribution in [2.75, 3.05) is 0 Å². The van der Waals surface area contributed by atoms with Gasteiger partial charge in [0.25, 0.3) is 0 Å². The number of carboxylic acid groups (broad SMARTS) is 4. The van der Waals surface area contributed by atoms with E-state index in [-0.39, 0.29) is 0 Å². The molecular weight excluding hydrogens is 384 g/mol. The van der Waals surface area contributed by atoms with Crippen molar-refractivity contribution in [1.82, 2.24) is 0 Å². The van der Waals surface area contributed by atoms with E-state index >= 15 is 0 Å². The maximum absolute atomic E-state index is 10.5. The first-order chi connectivity index (χ1) is 13.1. The molecule has 0 saturated carbocycles. The summed E-state index contributed by atoms with van der Waals surface area (Å²) in [6.07, 6.45) is -3.67. The van der Waals surface area contributed by atoms with Crippen molar-refractivity contribution in [3.8, 4) is 0 Å². The number of hydrogen-bond donors (Lipinski definition) is 6. The first-order valence-electron chi connectivity index (χ1n) is 6.81. The van der Waals surface area contributed by atoms with E-state index in [1.54, 1.807) is 60.7 Å². The lowest BCUT2D eigenvalue weighted by Crippen LogP contribution is -2.00. The smallest absolute Gasteiger partial charge is 0.450 e. The Bertz CT molecular complexity index is 643. The van der Waals surface area contributed by atoms with E-state index in [0.717, 1.165) is 0 Å². The van der Waals surface area contributed by atoms with Crippen LogP contribution in [-0.4, -0.2) is 55.2 Å². The van der Waals surface area contributed by atoms with Crippen LogP contribution in [0, 0.1) is 0 Å². The summed E-state index contributed by atoms with van der Waals surface area (Å²) in [7, 11) is 0. The van der Waals surface area contributed by atoms with Gasteiger partial charge in [-0.05, 0) is 24.3 Å². The highest BCUT2D eigenvalue weighted by atomic mass is 17.1. The van der Waals surface area contributed by atoms with Crippen molar-refractivity contribution in [2.45, 2.75) is 0 Å². The summed E-state index contributed by atoms with van der Waals surface area (Å²) < 4.78 is 0. The minimum Gasteiger partial charge on any atom is -0.450 e. The molecule has 6 N–H and O–H groups in total. The number of rotatable bonds is 2. The van der Waals surface area contributed by atoms with Gasteiger partial charge in [0.1, 0.15) is 0 Å². The van der Waals surface area contributed by atoms with Gasteiger partial charge < -0.3 is 20.4 Å². The molecule has 0 heterocycles. The Hall–Kier alpha value is -4.16. The molecule has 2 aromatic rings. The molecule has 0 amide bonds. The minimum absolute atomic E-state index is 0.338. The second kappa shape index (κ2) is 16.3. The molecule has 0 aliphatic heterocycles. The van der Waals surface area contributed by atoms with E-state index < -0.39 is 24.2 Å². The Balaban J connectivity index is 0. The predicted molar refractivity (Wildman–Crippen MR) is 90.3 cm³/mol. The lowest BCUT2D eigenvalue weighted by atomic mass is 10.2. The van der Waals surface area contributed by atoms with E-state index in [2.05, 4.69) is 9.78 Å². The van der Waals surface area contributed by atoms with Gasteiger partial charge in [0.2, 0.25) is 0 Å². The maximum Gasteiger partial charge on any atom is 0.503 e. The van der Waals surface area contributed by atoms with E-state index in [9.17, 15) is 9.59 Å². The first kappa shape index (κ1) is 26.1. The lowest BCUT2D eigenvalue weighted by Gasteiger charge is -1.92. The van der Waals surface area contributed by atoms with Crippen molar-refractivity contribution >= 4 is 24.2 Å². The van der Waals surface area contributed by atoms with Gasteiger partial charge in [-0.1, -0.05) is 36.4 Å². The minimum atomic E-state index is -1.83. The van der Waals surface area contributed by atoms with Crippen molar-refractivity contribution in [3.63, 3.8) is 0 Å². The van der Waals surface area contributed by atoms with Crippen LogP contribution >= 0.6 is 0 Å². The van der Waals surface area contributed by atoms with Crippen LogP contribution in [0.1, 0.15) is 20.7 Å². The fraction of sp³-hybridized carbons (Fsp3) is 0. The molecule has 0 unspecified atom stereocenters. The van der Waals surface area contributed by atoms with E-state index in [1.165, 1.54) is 0 Å². The standard InChI is InChI=1S/2C7H6O3.2CH2O3/c2*8-7(10-9)6-4-2-1-3-5-6;2*2-1(3)4/h2*1-5,9H;2*(H2,2,3,4). The molecule has 28 heavy (non-hydrogen) atoms. The van der Waals surface area contributed by atoms with Gasteiger partial charge in [0.15, 0.2) is 0 Å². The number of carbonyl (C=O) groups is 4. The van der Waals surface area contributed by atoms with E-state index in [0.29, 0.717) is 11.1 Å². The molecule has 0 radical (unpaired) electrons. The predicted octanol–water partition coefficient (Wildman–Crippen LogP) is 3.08. The largest absolute Gasteiger partial charge is 0.503 e. The van der Waals surface area contributed by atoms with Crippen LogP contribution in [0.3, 0.4) is 0 Å². The van der Waals surface area contributed by atoms with Gasteiger partial charge >= 0.3 is 24.2 Å². The third-order valence-electron chi connectivity index (χ3n) is 2.18. The van der Waals surface area contributed by atoms with Crippen LogP contribution in [0.25, 0.3) is 0 Å². The Morgan fingerprint density at radius 3 is 0.929 bits per heavy atom. The Morgan fingerprint density at radius 1 is 0.536 bits per heavy atom. The van der Waals surface area contributed by atoms with Gasteiger partial charge in [-0.15, -0.1) is 0 Å². The van der Waals surface area contributed by atoms with Crippen molar-refractivity contribution in [3.05, 3.63) is 71.8 Å². The third kappa shape index (κ3) is 16.7.